The van der Waals surface area contributed by atoms with Gasteiger partial charge in [0.15, 0.2) is 0 Å². The molecule has 0 spiro atoms. The number of rotatable bonds is 3. The van der Waals surface area contributed by atoms with Crippen molar-refractivity contribution in [1.82, 2.24) is 10.0 Å². The highest BCUT2D eigenvalue weighted by atomic mass is 35.5. The highest BCUT2D eigenvalue weighted by Gasteiger charge is 2.33. The van der Waals surface area contributed by atoms with Gasteiger partial charge in [0, 0.05) is 12.6 Å². The van der Waals surface area contributed by atoms with Crippen LogP contribution in [-0.2, 0) is 16.2 Å². The quantitative estimate of drug-likeness (QED) is 0.886. The van der Waals surface area contributed by atoms with Crippen molar-refractivity contribution in [2.45, 2.75) is 30.0 Å². The van der Waals surface area contributed by atoms with Crippen LogP contribution in [0.3, 0.4) is 0 Å². The molecule has 0 bridgehead atoms. The molecule has 1 aliphatic heterocycles. The second kappa shape index (κ2) is 6.12. The van der Waals surface area contributed by atoms with Crippen molar-refractivity contribution in [3.63, 3.8) is 0 Å². The standard InChI is InChI=1S/C12H14ClF3N2O2S/c13-10-4-3-8(12(14,15)16)6-11(10)21(19,20)18-9-2-1-5-17-7-9/h3-4,6,9,17-18H,1-2,5,7H2/t9-/m0/s1. The molecule has 1 saturated heterocycles. The average molecular weight is 343 g/mol. The van der Waals surface area contributed by atoms with Crippen LogP contribution in [0.15, 0.2) is 23.1 Å². The number of halogens is 4. The summed E-state index contributed by atoms with van der Waals surface area (Å²) in [6.07, 6.45) is -3.20. The lowest BCUT2D eigenvalue weighted by Crippen LogP contribution is -2.45. The van der Waals surface area contributed by atoms with Gasteiger partial charge in [0.1, 0.15) is 4.90 Å². The lowest BCUT2D eigenvalue weighted by molar-refractivity contribution is -0.137. The molecule has 0 radical (unpaired) electrons. The topological polar surface area (TPSA) is 58.2 Å². The molecule has 0 aromatic heterocycles. The van der Waals surface area contributed by atoms with Gasteiger partial charge < -0.3 is 5.32 Å². The number of hydrogen-bond acceptors (Lipinski definition) is 3. The molecule has 1 aromatic carbocycles. The predicted molar refractivity (Wildman–Crippen MR) is 72.7 cm³/mol. The Balaban J connectivity index is 2.30. The molecule has 0 saturated carbocycles. The minimum atomic E-state index is -4.62. The number of hydrogen-bond donors (Lipinski definition) is 2. The summed E-state index contributed by atoms with van der Waals surface area (Å²) in [6.45, 7) is 1.23. The summed E-state index contributed by atoms with van der Waals surface area (Å²) in [5.74, 6) is 0. The van der Waals surface area contributed by atoms with Crippen molar-refractivity contribution in [3.05, 3.63) is 28.8 Å². The van der Waals surface area contributed by atoms with Crippen molar-refractivity contribution in [1.29, 1.82) is 0 Å². The molecule has 21 heavy (non-hydrogen) atoms. The molecule has 0 unspecified atom stereocenters. The zero-order valence-corrected chi connectivity index (χ0v) is 12.4. The Morgan fingerprint density at radius 3 is 2.62 bits per heavy atom. The minimum Gasteiger partial charge on any atom is -0.315 e. The molecule has 1 heterocycles. The number of sulfonamides is 1. The van der Waals surface area contributed by atoms with E-state index in [0.29, 0.717) is 19.0 Å². The zero-order valence-electron chi connectivity index (χ0n) is 10.9. The average Bonchev–Trinajstić information content (AvgIpc) is 2.38. The Bertz CT molecular complexity index is 613. The van der Waals surface area contributed by atoms with Gasteiger partial charge in [0.2, 0.25) is 10.0 Å². The highest BCUT2D eigenvalue weighted by molar-refractivity contribution is 7.89. The van der Waals surface area contributed by atoms with Crippen LogP contribution in [0.2, 0.25) is 5.02 Å². The van der Waals surface area contributed by atoms with Crippen LogP contribution in [0, 0.1) is 0 Å². The zero-order chi connectivity index (χ0) is 15.7. The van der Waals surface area contributed by atoms with E-state index < -0.39 is 26.7 Å². The van der Waals surface area contributed by atoms with Crippen LogP contribution in [0.5, 0.6) is 0 Å². The van der Waals surface area contributed by atoms with Gasteiger partial charge in [0.05, 0.1) is 10.6 Å². The molecule has 2 rings (SSSR count). The van der Waals surface area contributed by atoms with E-state index in [1.807, 2.05) is 0 Å². The summed E-state index contributed by atoms with van der Waals surface area (Å²) < 4.78 is 64.8. The van der Waals surface area contributed by atoms with E-state index in [9.17, 15) is 21.6 Å². The van der Waals surface area contributed by atoms with Gasteiger partial charge in [-0.15, -0.1) is 0 Å². The second-order valence-electron chi connectivity index (χ2n) is 4.81. The number of benzene rings is 1. The third-order valence-corrected chi connectivity index (χ3v) is 5.17. The third kappa shape index (κ3) is 4.09. The van der Waals surface area contributed by atoms with E-state index >= 15 is 0 Å². The van der Waals surface area contributed by atoms with Gasteiger partial charge in [-0.1, -0.05) is 11.6 Å². The first-order chi connectivity index (χ1) is 9.70. The van der Waals surface area contributed by atoms with Crippen LogP contribution < -0.4 is 10.0 Å². The monoisotopic (exact) mass is 342 g/mol. The molecule has 0 amide bonds. The molecule has 118 valence electrons. The fourth-order valence-electron chi connectivity index (χ4n) is 2.12. The van der Waals surface area contributed by atoms with Crippen molar-refractivity contribution in [3.8, 4) is 0 Å². The highest BCUT2D eigenvalue weighted by Crippen LogP contribution is 2.33. The molecule has 2 N–H and O–H groups in total. The van der Waals surface area contributed by atoms with Crippen molar-refractivity contribution in [2.75, 3.05) is 13.1 Å². The smallest absolute Gasteiger partial charge is 0.315 e. The van der Waals surface area contributed by atoms with Crippen molar-refractivity contribution in [2.24, 2.45) is 0 Å². The summed E-state index contributed by atoms with van der Waals surface area (Å²) in [4.78, 5) is -0.551. The molecule has 4 nitrogen and oxygen atoms in total. The van der Waals surface area contributed by atoms with Crippen molar-refractivity contribution >= 4 is 21.6 Å². The molecule has 1 aromatic rings. The largest absolute Gasteiger partial charge is 0.416 e. The van der Waals surface area contributed by atoms with Gasteiger partial charge in [-0.05, 0) is 37.6 Å². The Morgan fingerprint density at radius 2 is 2.05 bits per heavy atom. The first-order valence-corrected chi connectivity index (χ1v) is 8.16. The summed E-state index contributed by atoms with van der Waals surface area (Å²) >= 11 is 5.75. The van der Waals surface area contributed by atoms with E-state index in [2.05, 4.69) is 10.0 Å². The lowest BCUT2D eigenvalue weighted by Gasteiger charge is -2.24. The van der Waals surface area contributed by atoms with E-state index in [4.69, 9.17) is 11.6 Å². The maximum atomic E-state index is 12.7. The minimum absolute atomic E-state index is 0.237. The SMILES string of the molecule is O=S(=O)(N[C@H]1CCCNC1)c1cc(C(F)(F)F)ccc1Cl. The molecule has 0 aliphatic carbocycles. The van der Waals surface area contributed by atoms with Crippen LogP contribution in [-0.4, -0.2) is 27.5 Å². The molecular weight excluding hydrogens is 329 g/mol. The lowest BCUT2D eigenvalue weighted by atomic mass is 10.1. The van der Waals surface area contributed by atoms with E-state index in [1.165, 1.54) is 0 Å². The Hall–Kier alpha value is -0.830. The number of nitrogens with one attached hydrogen (secondary N) is 2. The Kier molecular flexibility index (Phi) is 4.82. The predicted octanol–water partition coefficient (Wildman–Crippen LogP) is 2.39. The van der Waals surface area contributed by atoms with Crippen LogP contribution in [0.4, 0.5) is 13.2 Å². The van der Waals surface area contributed by atoms with Gasteiger partial charge in [-0.2, -0.15) is 13.2 Å². The Morgan fingerprint density at radius 1 is 1.33 bits per heavy atom. The van der Waals surface area contributed by atoms with E-state index in [0.717, 1.165) is 25.1 Å². The molecule has 9 heteroatoms. The van der Waals surface area contributed by atoms with Crippen LogP contribution >= 0.6 is 11.6 Å². The van der Waals surface area contributed by atoms with Gasteiger partial charge >= 0.3 is 6.18 Å². The van der Waals surface area contributed by atoms with Gasteiger partial charge in [-0.3, -0.25) is 0 Å². The first-order valence-electron chi connectivity index (χ1n) is 6.30. The second-order valence-corrected chi connectivity index (χ2v) is 6.90. The molecule has 1 atom stereocenters. The number of alkyl halides is 3. The normalized spacial score (nSPS) is 20.5. The third-order valence-electron chi connectivity index (χ3n) is 3.17. The maximum Gasteiger partial charge on any atom is 0.416 e. The summed E-state index contributed by atoms with van der Waals surface area (Å²) in [7, 11) is -4.10. The van der Waals surface area contributed by atoms with Crippen LogP contribution in [0.25, 0.3) is 0 Å². The maximum absolute atomic E-state index is 12.7. The number of piperidine rings is 1. The fraction of sp³-hybridized carbons (Fsp3) is 0.500. The van der Waals surface area contributed by atoms with Gasteiger partial charge in [-0.25, -0.2) is 13.1 Å². The fourth-order valence-corrected chi connectivity index (χ4v) is 3.92. The summed E-state index contributed by atoms with van der Waals surface area (Å²) in [6, 6.07) is 1.90. The van der Waals surface area contributed by atoms with Crippen molar-refractivity contribution < 1.29 is 21.6 Å². The van der Waals surface area contributed by atoms with Gasteiger partial charge in [0.25, 0.3) is 0 Å². The molecule has 1 fully saturated rings. The van der Waals surface area contributed by atoms with Crippen LogP contribution in [0.1, 0.15) is 18.4 Å². The molecular formula is C12H14ClF3N2O2S. The van der Waals surface area contributed by atoms with E-state index in [1.54, 1.807) is 0 Å². The molecule has 1 aliphatic rings. The first kappa shape index (κ1) is 16.5. The summed E-state index contributed by atoms with van der Waals surface area (Å²) in [5, 5.41) is 2.78. The Labute approximate surface area is 125 Å². The van der Waals surface area contributed by atoms with E-state index in [-0.39, 0.29) is 11.1 Å². The summed E-state index contributed by atoms with van der Waals surface area (Å²) in [5.41, 5.74) is -1.05.